The number of alkyl halides is 3. The van der Waals surface area contributed by atoms with Gasteiger partial charge in [-0.05, 0) is 19.3 Å². The molecule has 0 saturated carbocycles. The van der Waals surface area contributed by atoms with Crippen LogP contribution in [-0.4, -0.2) is 57.1 Å². The van der Waals surface area contributed by atoms with Gasteiger partial charge in [0.2, 0.25) is 0 Å². The van der Waals surface area contributed by atoms with Crippen molar-refractivity contribution in [3.63, 3.8) is 0 Å². The Kier molecular flexibility index (Phi) is 3.88. The van der Waals surface area contributed by atoms with Gasteiger partial charge < -0.3 is 14.7 Å². The van der Waals surface area contributed by atoms with Crippen molar-refractivity contribution in [3.05, 3.63) is 17.5 Å². The number of halogens is 3. The molecule has 1 spiro atoms. The van der Waals surface area contributed by atoms with Crippen molar-refractivity contribution < 1.29 is 27.8 Å². The molecule has 2 aliphatic heterocycles. The molecular formula is C14H18F3N3O3. The zero-order valence-corrected chi connectivity index (χ0v) is 12.6. The van der Waals surface area contributed by atoms with Crippen LogP contribution in [0.25, 0.3) is 0 Å². The van der Waals surface area contributed by atoms with Crippen molar-refractivity contribution in [2.75, 3.05) is 19.7 Å². The third-order valence-corrected chi connectivity index (χ3v) is 4.55. The second kappa shape index (κ2) is 5.48. The smallest absolute Gasteiger partial charge is 0.390 e. The Morgan fingerprint density at radius 1 is 1.52 bits per heavy atom. The fourth-order valence-electron chi connectivity index (χ4n) is 3.33. The van der Waals surface area contributed by atoms with Crippen LogP contribution in [-0.2, 0) is 18.0 Å². The zero-order valence-electron chi connectivity index (χ0n) is 12.6. The predicted molar refractivity (Wildman–Crippen MR) is 72.7 cm³/mol. The fourth-order valence-corrected chi connectivity index (χ4v) is 3.33. The van der Waals surface area contributed by atoms with E-state index in [4.69, 9.17) is 4.74 Å². The summed E-state index contributed by atoms with van der Waals surface area (Å²) in [5.74, 6) is -0.571. The van der Waals surface area contributed by atoms with Gasteiger partial charge in [0.15, 0.2) is 5.69 Å². The molecule has 2 saturated heterocycles. The summed E-state index contributed by atoms with van der Waals surface area (Å²) in [5.41, 5.74) is -2.01. The second-order valence-corrected chi connectivity index (χ2v) is 6.08. The van der Waals surface area contributed by atoms with Crippen LogP contribution in [0.2, 0.25) is 0 Å². The van der Waals surface area contributed by atoms with Crippen molar-refractivity contribution in [1.29, 1.82) is 0 Å². The molecule has 2 fully saturated rings. The number of carbonyl (C=O) groups is 1. The van der Waals surface area contributed by atoms with E-state index in [1.54, 1.807) is 0 Å². The molecule has 0 unspecified atom stereocenters. The SMILES string of the molecule is Cn1nc(C(=O)N2CC[C@H](O)[C@]3(CCCO3)C2)cc1C(F)(F)F. The first-order valence-corrected chi connectivity index (χ1v) is 7.45. The molecule has 1 amide bonds. The summed E-state index contributed by atoms with van der Waals surface area (Å²) in [7, 11) is 1.15. The largest absolute Gasteiger partial charge is 0.433 e. The molecule has 128 valence electrons. The maximum absolute atomic E-state index is 12.8. The lowest BCUT2D eigenvalue weighted by Gasteiger charge is -2.42. The van der Waals surface area contributed by atoms with Crippen LogP contribution in [0.15, 0.2) is 6.07 Å². The summed E-state index contributed by atoms with van der Waals surface area (Å²) in [6, 6.07) is 0.759. The van der Waals surface area contributed by atoms with Crippen molar-refractivity contribution >= 4 is 5.91 Å². The van der Waals surface area contributed by atoms with E-state index < -0.39 is 29.5 Å². The molecule has 0 bridgehead atoms. The molecule has 23 heavy (non-hydrogen) atoms. The fraction of sp³-hybridized carbons (Fsp3) is 0.714. The van der Waals surface area contributed by atoms with E-state index in [2.05, 4.69) is 5.10 Å². The number of aliphatic hydroxyl groups excluding tert-OH is 1. The van der Waals surface area contributed by atoms with Crippen LogP contribution < -0.4 is 0 Å². The van der Waals surface area contributed by atoms with Crippen molar-refractivity contribution in [1.82, 2.24) is 14.7 Å². The molecule has 1 N–H and O–H groups in total. The first-order chi connectivity index (χ1) is 10.7. The number of amides is 1. The summed E-state index contributed by atoms with van der Waals surface area (Å²) in [4.78, 5) is 13.9. The lowest BCUT2D eigenvalue weighted by molar-refractivity contribution is -0.143. The second-order valence-electron chi connectivity index (χ2n) is 6.08. The summed E-state index contributed by atoms with van der Waals surface area (Å²) in [6.07, 6.45) is -3.46. The highest BCUT2D eigenvalue weighted by molar-refractivity contribution is 5.92. The van der Waals surface area contributed by atoms with Gasteiger partial charge in [-0.25, -0.2) is 0 Å². The number of piperidine rings is 1. The third-order valence-electron chi connectivity index (χ3n) is 4.55. The zero-order chi connectivity index (χ0) is 16.8. The van der Waals surface area contributed by atoms with Gasteiger partial charge in [0.05, 0.1) is 12.6 Å². The standard InChI is InChI=1S/C14H18F3N3O3/c1-19-10(14(15,16)17)7-9(18-19)12(22)20-5-3-11(21)13(8-20)4-2-6-23-13/h7,11,21H,2-6,8H2,1H3/t11-,13-/m0/s1. The van der Waals surface area contributed by atoms with Gasteiger partial charge >= 0.3 is 6.18 Å². The molecule has 2 aliphatic rings. The van der Waals surface area contributed by atoms with E-state index in [0.717, 1.165) is 19.5 Å². The molecule has 3 rings (SSSR count). The number of nitrogens with zero attached hydrogens (tertiary/aromatic N) is 3. The highest BCUT2D eigenvalue weighted by Crippen LogP contribution is 2.35. The molecule has 1 aromatic rings. The van der Waals surface area contributed by atoms with Gasteiger partial charge in [0, 0.05) is 26.3 Å². The van der Waals surface area contributed by atoms with Crippen LogP contribution in [0.3, 0.4) is 0 Å². The number of likely N-dealkylation sites (tertiary alicyclic amines) is 1. The normalized spacial score (nSPS) is 28.6. The summed E-state index contributed by atoms with van der Waals surface area (Å²) < 4.78 is 44.8. The number of hydrogen-bond acceptors (Lipinski definition) is 4. The van der Waals surface area contributed by atoms with Crippen LogP contribution >= 0.6 is 0 Å². The Hall–Kier alpha value is -1.61. The average molecular weight is 333 g/mol. The molecule has 3 heterocycles. The van der Waals surface area contributed by atoms with E-state index in [1.165, 1.54) is 4.90 Å². The molecule has 0 aromatic carbocycles. The molecule has 0 aliphatic carbocycles. The van der Waals surface area contributed by atoms with Gasteiger partial charge in [0.25, 0.3) is 5.91 Å². The first-order valence-electron chi connectivity index (χ1n) is 7.45. The topological polar surface area (TPSA) is 67.6 Å². The van der Waals surface area contributed by atoms with Crippen LogP contribution in [0.4, 0.5) is 13.2 Å². The molecular weight excluding hydrogens is 315 g/mol. The van der Waals surface area contributed by atoms with Gasteiger partial charge in [-0.2, -0.15) is 18.3 Å². The number of ether oxygens (including phenoxy) is 1. The number of hydrogen-bond donors (Lipinski definition) is 1. The summed E-state index contributed by atoms with van der Waals surface area (Å²) in [6.45, 7) is 0.953. The van der Waals surface area contributed by atoms with Gasteiger partial charge in [-0.1, -0.05) is 0 Å². The maximum atomic E-state index is 12.8. The molecule has 6 nitrogen and oxygen atoms in total. The molecule has 2 atom stereocenters. The van der Waals surface area contributed by atoms with Gasteiger partial charge in [0.1, 0.15) is 11.3 Å². The molecule has 0 radical (unpaired) electrons. The lowest BCUT2D eigenvalue weighted by atomic mass is 9.87. The van der Waals surface area contributed by atoms with Crippen molar-refractivity contribution in [3.8, 4) is 0 Å². The maximum Gasteiger partial charge on any atom is 0.433 e. The Balaban J connectivity index is 1.81. The summed E-state index contributed by atoms with van der Waals surface area (Å²) in [5, 5.41) is 13.8. The Morgan fingerprint density at radius 2 is 2.26 bits per heavy atom. The third kappa shape index (κ3) is 2.83. The first kappa shape index (κ1) is 16.3. The number of aryl methyl sites for hydroxylation is 1. The quantitative estimate of drug-likeness (QED) is 0.838. The number of aromatic nitrogens is 2. The van der Waals surface area contributed by atoms with Crippen LogP contribution in [0.5, 0.6) is 0 Å². The molecule has 9 heteroatoms. The minimum absolute atomic E-state index is 0.172. The highest BCUT2D eigenvalue weighted by atomic mass is 19.4. The van der Waals surface area contributed by atoms with Crippen molar-refractivity contribution in [2.24, 2.45) is 7.05 Å². The van der Waals surface area contributed by atoms with E-state index in [9.17, 15) is 23.1 Å². The summed E-state index contributed by atoms with van der Waals surface area (Å²) >= 11 is 0. The molecule has 1 aromatic heterocycles. The van der Waals surface area contributed by atoms with Crippen LogP contribution in [0.1, 0.15) is 35.4 Å². The van der Waals surface area contributed by atoms with E-state index >= 15 is 0 Å². The van der Waals surface area contributed by atoms with E-state index in [-0.39, 0.29) is 18.8 Å². The van der Waals surface area contributed by atoms with Gasteiger partial charge in [-0.15, -0.1) is 0 Å². The number of rotatable bonds is 1. The average Bonchev–Trinajstić information content (AvgIpc) is 3.08. The van der Waals surface area contributed by atoms with Gasteiger partial charge in [-0.3, -0.25) is 9.48 Å². The monoisotopic (exact) mass is 333 g/mol. The highest BCUT2D eigenvalue weighted by Gasteiger charge is 2.47. The van der Waals surface area contributed by atoms with E-state index in [1.807, 2.05) is 0 Å². The van der Waals surface area contributed by atoms with Crippen molar-refractivity contribution in [2.45, 2.75) is 37.1 Å². The van der Waals surface area contributed by atoms with E-state index in [0.29, 0.717) is 24.1 Å². The number of carbonyl (C=O) groups excluding carboxylic acids is 1. The Bertz CT molecular complexity index is 608. The minimum Gasteiger partial charge on any atom is -0.390 e. The Labute approximate surface area is 130 Å². The predicted octanol–water partition coefficient (Wildman–Crippen LogP) is 1.19. The lowest BCUT2D eigenvalue weighted by Crippen LogP contribution is -2.57. The Morgan fingerprint density at radius 3 is 2.83 bits per heavy atom. The minimum atomic E-state index is -4.56. The van der Waals surface area contributed by atoms with Crippen LogP contribution in [0, 0.1) is 0 Å². The number of aliphatic hydroxyl groups is 1.